The van der Waals surface area contributed by atoms with Gasteiger partial charge in [-0.1, -0.05) is 23.7 Å². The van der Waals surface area contributed by atoms with Gasteiger partial charge in [-0.05, 0) is 23.8 Å². The van der Waals surface area contributed by atoms with E-state index in [1.54, 1.807) is 13.3 Å². The first-order valence-electron chi connectivity index (χ1n) is 8.65. The maximum Gasteiger partial charge on any atom is 0.213 e. The lowest BCUT2D eigenvalue weighted by molar-refractivity contribution is 0.372. The Balaban J connectivity index is 1.56. The van der Waals surface area contributed by atoms with Crippen molar-refractivity contribution in [2.45, 2.75) is 6.54 Å². The number of aliphatic imine (C=N–C) groups is 1. The van der Waals surface area contributed by atoms with Gasteiger partial charge < -0.3 is 19.9 Å². The lowest BCUT2D eigenvalue weighted by Crippen LogP contribution is -2.52. The zero-order valence-corrected chi connectivity index (χ0v) is 15.9. The number of piperazine rings is 1. The largest absolute Gasteiger partial charge is 0.481 e. The van der Waals surface area contributed by atoms with Gasteiger partial charge in [0.15, 0.2) is 5.96 Å². The summed E-state index contributed by atoms with van der Waals surface area (Å²) in [7, 11) is 3.44. The Bertz CT molecular complexity index is 759. The Morgan fingerprint density at radius 3 is 2.69 bits per heavy atom. The standard InChI is InChI=1S/C19H24ClN5O/c1-21-19(23-14-15-7-8-22-18(13-15)26-2)25-11-9-24(10-12-25)17-6-4-3-5-16(17)20/h3-8,13H,9-12,14H2,1-2H3,(H,21,23). The van der Waals surface area contributed by atoms with E-state index in [4.69, 9.17) is 16.3 Å². The van der Waals surface area contributed by atoms with Gasteiger partial charge in [-0.15, -0.1) is 0 Å². The SMILES string of the molecule is CN=C(NCc1ccnc(OC)c1)N1CCN(c2ccccc2Cl)CC1. The molecule has 7 heteroatoms. The van der Waals surface area contributed by atoms with E-state index < -0.39 is 0 Å². The predicted octanol–water partition coefficient (Wildman–Crippen LogP) is 2.64. The molecule has 1 fully saturated rings. The number of benzene rings is 1. The van der Waals surface area contributed by atoms with E-state index in [0.29, 0.717) is 12.4 Å². The van der Waals surface area contributed by atoms with Crippen LogP contribution < -0.4 is 15.0 Å². The third-order valence-corrected chi connectivity index (χ3v) is 4.76. The summed E-state index contributed by atoms with van der Waals surface area (Å²) in [5.41, 5.74) is 2.20. The molecule has 0 spiro atoms. The number of halogens is 1. The van der Waals surface area contributed by atoms with Crippen LogP contribution in [0.2, 0.25) is 5.02 Å². The Labute approximate surface area is 159 Å². The molecule has 1 N–H and O–H groups in total. The summed E-state index contributed by atoms with van der Waals surface area (Å²) < 4.78 is 5.17. The van der Waals surface area contributed by atoms with E-state index in [9.17, 15) is 0 Å². The number of pyridine rings is 1. The lowest BCUT2D eigenvalue weighted by atomic mass is 10.2. The monoisotopic (exact) mass is 373 g/mol. The molecule has 1 aliphatic heterocycles. The summed E-state index contributed by atoms with van der Waals surface area (Å²) in [4.78, 5) is 13.1. The smallest absolute Gasteiger partial charge is 0.213 e. The second-order valence-corrected chi connectivity index (χ2v) is 6.44. The van der Waals surface area contributed by atoms with Gasteiger partial charge in [0, 0.05) is 52.0 Å². The number of ether oxygens (including phenoxy) is 1. The molecule has 0 aliphatic carbocycles. The minimum atomic E-state index is 0.618. The van der Waals surface area contributed by atoms with Crippen molar-refractivity contribution in [3.8, 4) is 5.88 Å². The number of nitrogens with one attached hydrogen (secondary N) is 1. The highest BCUT2D eigenvalue weighted by atomic mass is 35.5. The van der Waals surface area contributed by atoms with Crippen molar-refractivity contribution < 1.29 is 4.74 Å². The number of para-hydroxylation sites is 1. The van der Waals surface area contributed by atoms with Crippen LogP contribution in [0.5, 0.6) is 5.88 Å². The van der Waals surface area contributed by atoms with Gasteiger partial charge in [0.2, 0.25) is 5.88 Å². The summed E-state index contributed by atoms with van der Waals surface area (Å²) in [6.07, 6.45) is 1.75. The molecule has 0 unspecified atom stereocenters. The average Bonchev–Trinajstić information content (AvgIpc) is 2.69. The zero-order chi connectivity index (χ0) is 18.4. The highest BCUT2D eigenvalue weighted by molar-refractivity contribution is 6.33. The molecule has 138 valence electrons. The predicted molar refractivity (Wildman–Crippen MR) is 106 cm³/mol. The van der Waals surface area contributed by atoms with Crippen molar-refractivity contribution in [2.75, 3.05) is 45.2 Å². The van der Waals surface area contributed by atoms with E-state index in [2.05, 4.69) is 31.2 Å². The number of nitrogens with zero attached hydrogens (tertiary/aromatic N) is 4. The third-order valence-electron chi connectivity index (χ3n) is 4.44. The molecule has 0 atom stereocenters. The van der Waals surface area contributed by atoms with Crippen LogP contribution in [0.15, 0.2) is 47.6 Å². The first kappa shape index (κ1) is 18.3. The van der Waals surface area contributed by atoms with Gasteiger partial charge in [-0.3, -0.25) is 4.99 Å². The summed E-state index contributed by atoms with van der Waals surface area (Å²) in [5.74, 6) is 1.52. The maximum atomic E-state index is 6.32. The Hall–Kier alpha value is -2.47. The number of methoxy groups -OCH3 is 1. The second-order valence-electron chi connectivity index (χ2n) is 6.03. The van der Waals surface area contributed by atoms with Gasteiger partial charge in [0.05, 0.1) is 17.8 Å². The molecule has 0 saturated carbocycles. The molecule has 0 radical (unpaired) electrons. The minimum absolute atomic E-state index is 0.618. The normalized spacial score (nSPS) is 15.1. The number of hydrogen-bond acceptors (Lipinski definition) is 4. The Morgan fingerprint density at radius 1 is 1.23 bits per heavy atom. The lowest BCUT2D eigenvalue weighted by Gasteiger charge is -2.38. The number of hydrogen-bond donors (Lipinski definition) is 1. The number of guanidine groups is 1. The fraction of sp³-hybridized carbons (Fsp3) is 0.368. The second kappa shape index (κ2) is 8.76. The maximum absolute atomic E-state index is 6.32. The van der Waals surface area contributed by atoms with Gasteiger partial charge >= 0.3 is 0 Å². The van der Waals surface area contributed by atoms with E-state index >= 15 is 0 Å². The van der Waals surface area contributed by atoms with E-state index in [1.807, 2.05) is 37.4 Å². The average molecular weight is 374 g/mol. The first-order chi connectivity index (χ1) is 12.7. The summed E-state index contributed by atoms with van der Waals surface area (Å²) in [6, 6.07) is 11.9. The van der Waals surface area contributed by atoms with Crippen molar-refractivity contribution in [3.05, 3.63) is 53.2 Å². The number of anilines is 1. The molecule has 1 saturated heterocycles. The fourth-order valence-corrected chi connectivity index (χ4v) is 3.31. The van der Waals surface area contributed by atoms with Crippen LogP contribution in [0.3, 0.4) is 0 Å². The summed E-state index contributed by atoms with van der Waals surface area (Å²) in [5, 5.41) is 4.22. The van der Waals surface area contributed by atoms with E-state index in [0.717, 1.165) is 48.4 Å². The van der Waals surface area contributed by atoms with Gasteiger partial charge in [0.1, 0.15) is 0 Å². The highest BCUT2D eigenvalue weighted by Crippen LogP contribution is 2.26. The van der Waals surface area contributed by atoms with Crippen molar-refractivity contribution in [3.63, 3.8) is 0 Å². The van der Waals surface area contributed by atoms with E-state index in [-0.39, 0.29) is 0 Å². The van der Waals surface area contributed by atoms with Gasteiger partial charge in [-0.2, -0.15) is 0 Å². The van der Waals surface area contributed by atoms with Crippen LogP contribution >= 0.6 is 11.6 Å². The molecule has 0 amide bonds. The van der Waals surface area contributed by atoms with Gasteiger partial charge in [0.25, 0.3) is 0 Å². The van der Waals surface area contributed by atoms with Crippen LogP contribution in [-0.2, 0) is 6.54 Å². The number of rotatable bonds is 4. The number of aromatic nitrogens is 1. The van der Waals surface area contributed by atoms with Crippen molar-refractivity contribution >= 4 is 23.2 Å². The molecule has 1 aromatic heterocycles. The molecule has 3 rings (SSSR count). The molecule has 0 bridgehead atoms. The molecule has 26 heavy (non-hydrogen) atoms. The summed E-state index contributed by atoms with van der Waals surface area (Å²) >= 11 is 6.32. The van der Waals surface area contributed by atoms with Gasteiger partial charge in [-0.25, -0.2) is 4.98 Å². The molecule has 1 aliphatic rings. The van der Waals surface area contributed by atoms with Crippen LogP contribution in [-0.4, -0.2) is 56.2 Å². The van der Waals surface area contributed by atoms with Crippen molar-refractivity contribution in [1.82, 2.24) is 15.2 Å². The van der Waals surface area contributed by atoms with E-state index in [1.165, 1.54) is 0 Å². The molecule has 2 aromatic rings. The molecule has 1 aromatic carbocycles. The molecule has 2 heterocycles. The van der Waals surface area contributed by atoms with Crippen LogP contribution in [0.4, 0.5) is 5.69 Å². The van der Waals surface area contributed by atoms with Crippen LogP contribution in [0.1, 0.15) is 5.56 Å². The Kier molecular flexibility index (Phi) is 6.17. The quantitative estimate of drug-likeness (QED) is 0.659. The third kappa shape index (κ3) is 4.38. The topological polar surface area (TPSA) is 53.0 Å². The zero-order valence-electron chi connectivity index (χ0n) is 15.2. The fourth-order valence-electron chi connectivity index (χ4n) is 3.05. The molecular formula is C19H24ClN5O. The molecule has 6 nitrogen and oxygen atoms in total. The summed E-state index contributed by atoms with van der Waals surface area (Å²) in [6.45, 7) is 4.28. The van der Waals surface area contributed by atoms with Crippen LogP contribution in [0, 0.1) is 0 Å². The van der Waals surface area contributed by atoms with Crippen molar-refractivity contribution in [2.24, 2.45) is 4.99 Å². The first-order valence-corrected chi connectivity index (χ1v) is 9.03. The van der Waals surface area contributed by atoms with Crippen LogP contribution in [0.25, 0.3) is 0 Å². The molecular weight excluding hydrogens is 350 g/mol. The van der Waals surface area contributed by atoms with Crippen molar-refractivity contribution in [1.29, 1.82) is 0 Å². The minimum Gasteiger partial charge on any atom is -0.481 e. The Morgan fingerprint density at radius 2 is 2.00 bits per heavy atom. The highest BCUT2D eigenvalue weighted by Gasteiger charge is 2.20.